The van der Waals surface area contributed by atoms with Crippen LogP contribution in [0.5, 0.6) is 0 Å². The summed E-state index contributed by atoms with van der Waals surface area (Å²) in [5.41, 5.74) is 0. The number of thioether (sulfide) groups is 1. The molecule has 0 aliphatic carbocycles. The summed E-state index contributed by atoms with van der Waals surface area (Å²) in [6.07, 6.45) is 2.11. The van der Waals surface area contributed by atoms with Crippen LogP contribution in [0, 0.1) is 0 Å². The van der Waals surface area contributed by atoms with Crippen LogP contribution in [0.1, 0.15) is 26.2 Å². The SMILES string of the molecule is COC(=O)CC(C)SCC(=O)NC1CCOCC1. The predicted octanol–water partition coefficient (Wildman–Crippen LogP) is 0.966. The molecule has 1 atom stereocenters. The number of amides is 1. The smallest absolute Gasteiger partial charge is 0.306 e. The Balaban J connectivity index is 2.13. The zero-order valence-electron chi connectivity index (χ0n) is 10.9. The van der Waals surface area contributed by atoms with Gasteiger partial charge in [0, 0.05) is 24.5 Å². The van der Waals surface area contributed by atoms with Gasteiger partial charge in [-0.15, -0.1) is 11.8 Å². The standard InChI is InChI=1S/C12H21NO4S/c1-9(7-12(15)16-2)18-8-11(14)13-10-3-5-17-6-4-10/h9-10H,3-8H2,1-2H3,(H,13,14). The Hall–Kier alpha value is -0.750. The molecular formula is C12H21NO4S. The van der Waals surface area contributed by atoms with E-state index in [2.05, 4.69) is 10.1 Å². The lowest BCUT2D eigenvalue weighted by Gasteiger charge is -2.23. The van der Waals surface area contributed by atoms with E-state index in [0.717, 1.165) is 26.1 Å². The van der Waals surface area contributed by atoms with Crippen LogP contribution in [0.2, 0.25) is 0 Å². The van der Waals surface area contributed by atoms with Crippen LogP contribution < -0.4 is 5.32 Å². The minimum Gasteiger partial charge on any atom is -0.469 e. The van der Waals surface area contributed by atoms with Gasteiger partial charge in [0.1, 0.15) is 0 Å². The molecule has 6 heteroatoms. The summed E-state index contributed by atoms with van der Waals surface area (Å²) in [6, 6.07) is 0.239. The summed E-state index contributed by atoms with van der Waals surface area (Å²) in [6.45, 7) is 3.36. The van der Waals surface area contributed by atoms with Gasteiger partial charge in [0.05, 0.1) is 19.3 Å². The van der Waals surface area contributed by atoms with E-state index >= 15 is 0 Å². The molecule has 1 aliphatic heterocycles. The fourth-order valence-electron chi connectivity index (χ4n) is 1.71. The van der Waals surface area contributed by atoms with Gasteiger partial charge in [0.15, 0.2) is 0 Å². The summed E-state index contributed by atoms with van der Waals surface area (Å²) in [5.74, 6) is 0.179. The number of methoxy groups -OCH3 is 1. The van der Waals surface area contributed by atoms with Crippen molar-refractivity contribution in [1.29, 1.82) is 0 Å². The van der Waals surface area contributed by atoms with Crippen LogP contribution in [-0.4, -0.2) is 49.2 Å². The lowest BCUT2D eigenvalue weighted by molar-refractivity contribution is -0.140. The molecule has 0 spiro atoms. The zero-order valence-corrected chi connectivity index (χ0v) is 11.8. The van der Waals surface area contributed by atoms with Crippen LogP contribution in [0.15, 0.2) is 0 Å². The highest BCUT2D eigenvalue weighted by molar-refractivity contribution is 8.00. The molecule has 0 aromatic heterocycles. The number of esters is 1. The normalized spacial score (nSPS) is 18.1. The van der Waals surface area contributed by atoms with Gasteiger partial charge in [-0.25, -0.2) is 0 Å². The Morgan fingerprint density at radius 1 is 1.44 bits per heavy atom. The molecule has 0 aromatic carbocycles. The van der Waals surface area contributed by atoms with Gasteiger partial charge in [0.2, 0.25) is 5.91 Å². The summed E-state index contributed by atoms with van der Waals surface area (Å²) >= 11 is 1.47. The molecule has 104 valence electrons. The van der Waals surface area contributed by atoms with Crippen molar-refractivity contribution in [2.45, 2.75) is 37.5 Å². The van der Waals surface area contributed by atoms with Crippen molar-refractivity contribution in [3.8, 4) is 0 Å². The van der Waals surface area contributed by atoms with Crippen molar-refractivity contribution in [2.24, 2.45) is 0 Å². The van der Waals surface area contributed by atoms with E-state index in [1.807, 2.05) is 6.92 Å². The number of carbonyl (C=O) groups excluding carboxylic acids is 2. The molecule has 1 saturated heterocycles. The number of rotatable bonds is 6. The Morgan fingerprint density at radius 3 is 2.72 bits per heavy atom. The van der Waals surface area contributed by atoms with Gasteiger partial charge in [-0.1, -0.05) is 6.92 Å². The number of ether oxygens (including phenoxy) is 2. The lowest BCUT2D eigenvalue weighted by atomic mass is 10.1. The Labute approximate surface area is 112 Å². The number of hydrogen-bond acceptors (Lipinski definition) is 5. The third-order valence-corrected chi connectivity index (χ3v) is 3.93. The van der Waals surface area contributed by atoms with Crippen molar-refractivity contribution < 1.29 is 19.1 Å². The summed E-state index contributed by atoms with van der Waals surface area (Å²) < 4.78 is 9.81. The highest BCUT2D eigenvalue weighted by atomic mass is 32.2. The van der Waals surface area contributed by atoms with E-state index in [9.17, 15) is 9.59 Å². The van der Waals surface area contributed by atoms with Gasteiger partial charge in [0.25, 0.3) is 0 Å². The molecule has 1 heterocycles. The van der Waals surface area contributed by atoms with E-state index < -0.39 is 0 Å². The Kier molecular flexibility index (Phi) is 7.12. The quantitative estimate of drug-likeness (QED) is 0.732. The van der Waals surface area contributed by atoms with E-state index in [1.165, 1.54) is 18.9 Å². The maximum absolute atomic E-state index is 11.7. The van der Waals surface area contributed by atoms with Crippen molar-refractivity contribution in [3.05, 3.63) is 0 Å². The summed E-state index contributed by atoms with van der Waals surface area (Å²) in [7, 11) is 1.37. The van der Waals surface area contributed by atoms with Crippen LogP contribution in [0.4, 0.5) is 0 Å². The molecule has 0 aromatic rings. The first-order valence-corrected chi connectivity index (χ1v) is 7.22. The topological polar surface area (TPSA) is 64.6 Å². The second-order valence-electron chi connectivity index (χ2n) is 4.36. The molecule has 1 fully saturated rings. The predicted molar refractivity (Wildman–Crippen MR) is 70.5 cm³/mol. The maximum atomic E-state index is 11.7. The van der Waals surface area contributed by atoms with Crippen LogP contribution in [-0.2, 0) is 19.1 Å². The Bertz CT molecular complexity index is 279. The fraction of sp³-hybridized carbons (Fsp3) is 0.833. The van der Waals surface area contributed by atoms with Crippen molar-refractivity contribution in [1.82, 2.24) is 5.32 Å². The van der Waals surface area contributed by atoms with Gasteiger partial charge < -0.3 is 14.8 Å². The highest BCUT2D eigenvalue weighted by Crippen LogP contribution is 2.14. The van der Waals surface area contributed by atoms with Crippen molar-refractivity contribution in [2.75, 3.05) is 26.1 Å². The highest BCUT2D eigenvalue weighted by Gasteiger charge is 2.17. The summed E-state index contributed by atoms with van der Waals surface area (Å²) in [4.78, 5) is 22.7. The summed E-state index contributed by atoms with van der Waals surface area (Å²) in [5, 5.41) is 3.08. The van der Waals surface area contributed by atoms with Crippen LogP contribution >= 0.6 is 11.8 Å². The first kappa shape index (κ1) is 15.3. The second-order valence-corrected chi connectivity index (χ2v) is 5.78. The van der Waals surface area contributed by atoms with Crippen molar-refractivity contribution >= 4 is 23.6 Å². The molecule has 18 heavy (non-hydrogen) atoms. The molecule has 1 N–H and O–H groups in total. The molecular weight excluding hydrogens is 254 g/mol. The van der Waals surface area contributed by atoms with Gasteiger partial charge >= 0.3 is 5.97 Å². The molecule has 0 saturated carbocycles. The largest absolute Gasteiger partial charge is 0.469 e. The number of nitrogens with one attached hydrogen (secondary N) is 1. The van der Waals surface area contributed by atoms with Crippen LogP contribution in [0.3, 0.4) is 0 Å². The van der Waals surface area contributed by atoms with E-state index in [4.69, 9.17) is 4.74 Å². The first-order valence-electron chi connectivity index (χ1n) is 6.17. The zero-order chi connectivity index (χ0) is 13.4. The maximum Gasteiger partial charge on any atom is 0.306 e. The van der Waals surface area contributed by atoms with E-state index in [-0.39, 0.29) is 23.2 Å². The third kappa shape index (κ3) is 6.26. The van der Waals surface area contributed by atoms with Crippen LogP contribution in [0.25, 0.3) is 0 Å². The molecule has 1 aliphatic rings. The average Bonchev–Trinajstić information content (AvgIpc) is 2.37. The van der Waals surface area contributed by atoms with Gasteiger partial charge in [-0.2, -0.15) is 0 Å². The minimum absolute atomic E-state index is 0.0311. The number of carbonyl (C=O) groups is 2. The van der Waals surface area contributed by atoms with E-state index in [0.29, 0.717) is 12.2 Å². The lowest BCUT2D eigenvalue weighted by Crippen LogP contribution is -2.40. The van der Waals surface area contributed by atoms with E-state index in [1.54, 1.807) is 0 Å². The molecule has 1 amide bonds. The van der Waals surface area contributed by atoms with Crippen molar-refractivity contribution in [3.63, 3.8) is 0 Å². The molecule has 0 bridgehead atoms. The Morgan fingerprint density at radius 2 is 2.11 bits per heavy atom. The molecule has 1 unspecified atom stereocenters. The molecule has 1 rings (SSSR count). The number of hydrogen-bond donors (Lipinski definition) is 1. The van der Waals surface area contributed by atoms with Gasteiger partial charge in [-0.05, 0) is 12.8 Å². The monoisotopic (exact) mass is 275 g/mol. The molecule has 0 radical (unpaired) electrons. The molecule has 5 nitrogen and oxygen atoms in total. The average molecular weight is 275 g/mol. The first-order chi connectivity index (χ1) is 8.61. The third-order valence-electron chi connectivity index (χ3n) is 2.77. The van der Waals surface area contributed by atoms with Gasteiger partial charge in [-0.3, -0.25) is 9.59 Å². The fourth-order valence-corrected chi connectivity index (χ4v) is 2.48. The second kappa shape index (κ2) is 8.37. The minimum atomic E-state index is -0.236.